The average molecular weight is 382 g/mol. The van der Waals surface area contributed by atoms with Crippen molar-refractivity contribution in [3.05, 3.63) is 60.2 Å². The van der Waals surface area contributed by atoms with Gasteiger partial charge in [0.05, 0.1) is 24.2 Å². The molecule has 0 aliphatic rings. The molecule has 3 aromatic rings. The Morgan fingerprint density at radius 1 is 1.14 bits per heavy atom. The van der Waals surface area contributed by atoms with Crippen LogP contribution in [0.1, 0.15) is 26.3 Å². The Morgan fingerprint density at radius 2 is 1.82 bits per heavy atom. The van der Waals surface area contributed by atoms with Gasteiger partial charge in [0.2, 0.25) is 0 Å². The quantitative estimate of drug-likeness (QED) is 0.684. The van der Waals surface area contributed by atoms with Crippen LogP contribution in [-0.4, -0.2) is 43.9 Å². The molecule has 0 fully saturated rings. The molecule has 7 nitrogen and oxygen atoms in total. The highest BCUT2D eigenvalue weighted by Gasteiger charge is 2.26. The van der Waals surface area contributed by atoms with Crippen LogP contribution in [0.3, 0.4) is 0 Å². The Hall–Kier alpha value is -2.93. The van der Waals surface area contributed by atoms with Crippen molar-refractivity contribution < 1.29 is 14.6 Å². The zero-order valence-electron chi connectivity index (χ0n) is 16.4. The molecule has 0 spiro atoms. The van der Waals surface area contributed by atoms with E-state index < -0.39 is 23.8 Å². The van der Waals surface area contributed by atoms with Crippen LogP contribution in [0.15, 0.2) is 54.6 Å². The van der Waals surface area contributed by atoms with E-state index in [2.05, 4.69) is 15.6 Å². The van der Waals surface area contributed by atoms with Crippen molar-refractivity contribution in [2.45, 2.75) is 51.5 Å². The summed E-state index contributed by atoms with van der Waals surface area (Å²) < 4.78 is 7.01. The molecule has 2 N–H and O–H groups in total. The normalized spacial score (nSPS) is 13.9. The summed E-state index contributed by atoms with van der Waals surface area (Å²) in [5.41, 5.74) is 1.98. The van der Waals surface area contributed by atoms with Crippen molar-refractivity contribution in [2.24, 2.45) is 0 Å². The molecule has 0 saturated heterocycles. The van der Waals surface area contributed by atoms with E-state index in [1.807, 2.05) is 54.6 Å². The second-order valence-electron chi connectivity index (χ2n) is 7.77. The molecule has 7 heteroatoms. The van der Waals surface area contributed by atoms with Gasteiger partial charge in [-0.15, -0.1) is 5.10 Å². The minimum absolute atomic E-state index is 0.202. The molecular weight excluding hydrogens is 356 g/mol. The van der Waals surface area contributed by atoms with Crippen LogP contribution in [0.5, 0.6) is 0 Å². The lowest BCUT2D eigenvalue weighted by atomic mass is 10.0. The number of aliphatic hydroxyl groups excluding tert-OH is 1. The number of hydrogen-bond acceptors (Lipinski definition) is 5. The second kappa shape index (κ2) is 8.39. The third kappa shape index (κ3) is 5.29. The summed E-state index contributed by atoms with van der Waals surface area (Å²) in [4.78, 5) is 12.3. The van der Waals surface area contributed by atoms with E-state index in [9.17, 15) is 9.90 Å². The van der Waals surface area contributed by atoms with Crippen molar-refractivity contribution in [1.82, 2.24) is 20.3 Å². The smallest absolute Gasteiger partial charge is 0.407 e. The maximum absolute atomic E-state index is 12.3. The van der Waals surface area contributed by atoms with Crippen molar-refractivity contribution in [3.8, 4) is 0 Å². The molecule has 3 rings (SSSR count). The number of para-hydroxylation sites is 1. The molecule has 0 aliphatic carbocycles. The number of nitrogens with one attached hydrogen (secondary N) is 1. The summed E-state index contributed by atoms with van der Waals surface area (Å²) in [5.74, 6) is 0. The number of fused-ring (bicyclic) bond motifs is 1. The maximum Gasteiger partial charge on any atom is 0.407 e. The molecule has 0 bridgehead atoms. The van der Waals surface area contributed by atoms with Crippen molar-refractivity contribution in [3.63, 3.8) is 0 Å². The number of ether oxygens (including phenoxy) is 1. The van der Waals surface area contributed by atoms with Crippen LogP contribution >= 0.6 is 0 Å². The van der Waals surface area contributed by atoms with Crippen molar-refractivity contribution in [1.29, 1.82) is 0 Å². The summed E-state index contributed by atoms with van der Waals surface area (Å²) in [6.45, 7) is 5.61. The first-order valence-electron chi connectivity index (χ1n) is 9.31. The van der Waals surface area contributed by atoms with Crippen LogP contribution in [0.4, 0.5) is 4.79 Å². The SMILES string of the molecule is CC(C)(C)OC(=O)N[C@H](Cc1ccccc1)[C@H](O)Cn1nnc2ccccc21. The number of hydrogen-bond donors (Lipinski definition) is 2. The first-order chi connectivity index (χ1) is 13.3. The van der Waals surface area contributed by atoms with Crippen LogP contribution in [0.2, 0.25) is 0 Å². The molecule has 1 amide bonds. The summed E-state index contributed by atoms with van der Waals surface area (Å²) in [6, 6.07) is 16.7. The standard InChI is InChI=1S/C21H26N4O3/c1-21(2,3)28-20(27)22-17(13-15-9-5-4-6-10-15)19(26)14-25-18-12-8-7-11-16(18)23-24-25/h4-12,17,19,26H,13-14H2,1-3H3,(H,22,27)/t17-,19-/m1/s1. The van der Waals surface area contributed by atoms with Crippen LogP contribution in [-0.2, 0) is 17.7 Å². The Labute approximate surface area is 164 Å². The summed E-state index contributed by atoms with van der Waals surface area (Å²) in [7, 11) is 0. The van der Waals surface area contributed by atoms with E-state index in [4.69, 9.17) is 4.74 Å². The van der Waals surface area contributed by atoms with Crippen LogP contribution < -0.4 is 5.32 Å². The molecule has 0 unspecified atom stereocenters. The summed E-state index contributed by atoms with van der Waals surface area (Å²) in [5, 5.41) is 21.9. The number of aliphatic hydroxyl groups is 1. The Bertz CT molecular complexity index is 918. The highest BCUT2D eigenvalue weighted by Crippen LogP contribution is 2.14. The Balaban J connectivity index is 1.77. The number of carbonyl (C=O) groups is 1. The number of carbonyl (C=O) groups excluding carboxylic acids is 1. The lowest BCUT2D eigenvalue weighted by Crippen LogP contribution is -2.48. The molecule has 2 atom stereocenters. The van der Waals surface area contributed by atoms with E-state index >= 15 is 0 Å². The van der Waals surface area contributed by atoms with E-state index in [0.29, 0.717) is 6.42 Å². The Morgan fingerprint density at radius 3 is 2.54 bits per heavy atom. The second-order valence-corrected chi connectivity index (χ2v) is 7.77. The van der Waals surface area contributed by atoms with Gasteiger partial charge in [-0.1, -0.05) is 47.7 Å². The number of amides is 1. The van der Waals surface area contributed by atoms with Crippen molar-refractivity contribution >= 4 is 17.1 Å². The predicted molar refractivity (Wildman–Crippen MR) is 107 cm³/mol. The lowest BCUT2D eigenvalue weighted by Gasteiger charge is -2.27. The molecule has 0 saturated carbocycles. The molecule has 28 heavy (non-hydrogen) atoms. The van der Waals surface area contributed by atoms with Gasteiger partial charge in [-0.05, 0) is 44.9 Å². The highest BCUT2D eigenvalue weighted by molar-refractivity contribution is 5.73. The molecule has 0 radical (unpaired) electrons. The van der Waals surface area contributed by atoms with Gasteiger partial charge < -0.3 is 15.2 Å². The fourth-order valence-electron chi connectivity index (χ4n) is 2.97. The third-order valence-corrected chi connectivity index (χ3v) is 4.25. The maximum atomic E-state index is 12.3. The Kier molecular flexibility index (Phi) is 5.94. The van der Waals surface area contributed by atoms with Gasteiger partial charge in [0.1, 0.15) is 11.1 Å². The monoisotopic (exact) mass is 382 g/mol. The minimum atomic E-state index is -0.877. The van der Waals surface area contributed by atoms with Gasteiger partial charge in [0.15, 0.2) is 0 Å². The molecule has 2 aromatic carbocycles. The lowest BCUT2D eigenvalue weighted by molar-refractivity contribution is 0.0400. The molecule has 0 aliphatic heterocycles. The zero-order valence-corrected chi connectivity index (χ0v) is 16.4. The summed E-state index contributed by atoms with van der Waals surface area (Å²) in [6.07, 6.45) is -0.970. The van der Waals surface area contributed by atoms with Gasteiger partial charge >= 0.3 is 6.09 Å². The topological polar surface area (TPSA) is 89.3 Å². The number of alkyl carbamates (subject to hydrolysis) is 1. The predicted octanol–water partition coefficient (Wildman–Crippen LogP) is 2.93. The third-order valence-electron chi connectivity index (χ3n) is 4.25. The highest BCUT2D eigenvalue weighted by atomic mass is 16.6. The van der Waals surface area contributed by atoms with Gasteiger partial charge in [-0.2, -0.15) is 0 Å². The van der Waals surface area contributed by atoms with E-state index in [-0.39, 0.29) is 6.54 Å². The van der Waals surface area contributed by atoms with Gasteiger partial charge in [-0.25, -0.2) is 9.48 Å². The van der Waals surface area contributed by atoms with Gasteiger partial charge in [0, 0.05) is 0 Å². The van der Waals surface area contributed by atoms with E-state index in [1.54, 1.807) is 25.5 Å². The molecular formula is C21H26N4O3. The largest absolute Gasteiger partial charge is 0.444 e. The fourth-order valence-corrected chi connectivity index (χ4v) is 2.97. The first kappa shape index (κ1) is 19.8. The minimum Gasteiger partial charge on any atom is -0.444 e. The first-order valence-corrected chi connectivity index (χ1v) is 9.31. The number of rotatable bonds is 6. The van der Waals surface area contributed by atoms with Gasteiger partial charge in [-0.3, -0.25) is 0 Å². The van der Waals surface area contributed by atoms with E-state index in [0.717, 1.165) is 16.6 Å². The summed E-state index contributed by atoms with van der Waals surface area (Å²) >= 11 is 0. The molecule has 148 valence electrons. The van der Waals surface area contributed by atoms with Crippen molar-refractivity contribution in [2.75, 3.05) is 0 Å². The van der Waals surface area contributed by atoms with Crippen LogP contribution in [0.25, 0.3) is 11.0 Å². The zero-order chi connectivity index (χ0) is 20.1. The average Bonchev–Trinajstić information content (AvgIpc) is 3.03. The number of aromatic nitrogens is 3. The number of benzene rings is 2. The van der Waals surface area contributed by atoms with Gasteiger partial charge in [0.25, 0.3) is 0 Å². The fraction of sp³-hybridized carbons (Fsp3) is 0.381. The van der Waals surface area contributed by atoms with E-state index in [1.165, 1.54) is 0 Å². The van der Waals surface area contributed by atoms with Crippen LogP contribution in [0, 0.1) is 0 Å². The number of nitrogens with zero attached hydrogens (tertiary/aromatic N) is 3. The molecule has 1 heterocycles. The molecule has 1 aromatic heterocycles.